The molecular formula is C11H11BrN4. The van der Waals surface area contributed by atoms with Crippen molar-refractivity contribution >= 4 is 32.7 Å². The third kappa shape index (κ3) is 1.56. The molecule has 82 valence electrons. The number of rotatable bonds is 1. The van der Waals surface area contributed by atoms with E-state index < -0.39 is 0 Å². The molecule has 0 unspecified atom stereocenters. The second kappa shape index (κ2) is 3.68. The van der Waals surface area contributed by atoms with E-state index in [2.05, 4.69) is 30.8 Å². The fourth-order valence-electron chi connectivity index (χ4n) is 1.96. The zero-order valence-electron chi connectivity index (χ0n) is 8.60. The van der Waals surface area contributed by atoms with Gasteiger partial charge in [-0.15, -0.1) is 0 Å². The second-order valence-corrected chi connectivity index (χ2v) is 4.93. The van der Waals surface area contributed by atoms with E-state index in [9.17, 15) is 0 Å². The Morgan fingerprint density at radius 3 is 2.94 bits per heavy atom. The summed E-state index contributed by atoms with van der Waals surface area (Å²) in [5, 5.41) is 0. The Balaban J connectivity index is 2.11. The second-order valence-electron chi connectivity index (χ2n) is 4.02. The molecule has 0 atom stereocenters. The van der Waals surface area contributed by atoms with E-state index in [1.807, 2.05) is 18.3 Å². The molecule has 2 N–H and O–H groups in total. The molecule has 2 aromatic heterocycles. The lowest BCUT2D eigenvalue weighted by Gasteiger charge is -2.38. The predicted molar refractivity (Wildman–Crippen MR) is 67.4 cm³/mol. The average molecular weight is 279 g/mol. The summed E-state index contributed by atoms with van der Waals surface area (Å²) in [5.41, 5.74) is 8.77. The molecule has 1 saturated heterocycles. The van der Waals surface area contributed by atoms with E-state index in [4.69, 9.17) is 5.73 Å². The van der Waals surface area contributed by atoms with Crippen LogP contribution in [0.4, 0.5) is 5.69 Å². The fourth-order valence-corrected chi connectivity index (χ4v) is 2.28. The van der Waals surface area contributed by atoms with Crippen molar-refractivity contribution in [2.45, 2.75) is 6.04 Å². The number of aromatic nitrogens is 2. The molecule has 0 aromatic carbocycles. The van der Waals surface area contributed by atoms with Gasteiger partial charge in [0.2, 0.25) is 0 Å². The molecule has 3 rings (SSSR count). The van der Waals surface area contributed by atoms with Crippen LogP contribution in [0.2, 0.25) is 0 Å². The Bertz CT molecular complexity index is 536. The molecule has 1 aliphatic rings. The molecule has 1 aliphatic heterocycles. The Hall–Kier alpha value is -1.20. The van der Waals surface area contributed by atoms with Crippen molar-refractivity contribution in [2.75, 3.05) is 18.0 Å². The van der Waals surface area contributed by atoms with Crippen molar-refractivity contribution in [3.05, 3.63) is 29.0 Å². The summed E-state index contributed by atoms with van der Waals surface area (Å²) < 4.78 is 0.949. The highest BCUT2D eigenvalue weighted by Gasteiger charge is 2.24. The highest BCUT2D eigenvalue weighted by Crippen LogP contribution is 2.27. The maximum atomic E-state index is 5.79. The number of anilines is 1. The van der Waals surface area contributed by atoms with Gasteiger partial charge in [-0.3, -0.25) is 9.97 Å². The highest BCUT2D eigenvalue weighted by atomic mass is 79.9. The van der Waals surface area contributed by atoms with E-state index in [0.717, 1.165) is 34.3 Å². The molecule has 0 radical (unpaired) electrons. The molecule has 5 heteroatoms. The van der Waals surface area contributed by atoms with Gasteiger partial charge in [-0.2, -0.15) is 0 Å². The van der Waals surface area contributed by atoms with Gasteiger partial charge in [-0.05, 0) is 28.1 Å². The molecule has 16 heavy (non-hydrogen) atoms. The standard InChI is InChI=1S/C11H11BrN4/c12-7-3-9-11(15-4-7)10(1-2-14-9)16-5-8(13)6-16/h1-4,8H,5-6,13H2. The molecule has 0 amide bonds. The van der Waals surface area contributed by atoms with Crippen molar-refractivity contribution in [1.29, 1.82) is 0 Å². The summed E-state index contributed by atoms with van der Waals surface area (Å²) in [6.45, 7) is 1.80. The van der Waals surface area contributed by atoms with Gasteiger partial charge in [-0.1, -0.05) is 0 Å². The number of pyridine rings is 2. The van der Waals surface area contributed by atoms with Crippen molar-refractivity contribution in [2.24, 2.45) is 5.73 Å². The van der Waals surface area contributed by atoms with Gasteiger partial charge >= 0.3 is 0 Å². The third-order valence-electron chi connectivity index (χ3n) is 2.77. The topological polar surface area (TPSA) is 55.0 Å². The van der Waals surface area contributed by atoms with Crippen LogP contribution >= 0.6 is 15.9 Å². The Morgan fingerprint density at radius 2 is 2.19 bits per heavy atom. The predicted octanol–water partition coefficient (Wildman–Crippen LogP) is 1.54. The van der Waals surface area contributed by atoms with Gasteiger partial charge in [0, 0.05) is 36.0 Å². The van der Waals surface area contributed by atoms with Crippen LogP contribution in [0.5, 0.6) is 0 Å². The molecule has 2 aromatic rings. The average Bonchev–Trinajstić information content (AvgIpc) is 2.24. The van der Waals surface area contributed by atoms with Crippen molar-refractivity contribution in [3.63, 3.8) is 0 Å². The van der Waals surface area contributed by atoms with E-state index in [0.29, 0.717) is 6.04 Å². The maximum Gasteiger partial charge on any atom is 0.112 e. The summed E-state index contributed by atoms with van der Waals surface area (Å²) in [5.74, 6) is 0. The largest absolute Gasteiger partial charge is 0.366 e. The lowest BCUT2D eigenvalue weighted by Crippen LogP contribution is -2.55. The van der Waals surface area contributed by atoms with Crippen molar-refractivity contribution < 1.29 is 0 Å². The number of fused-ring (bicyclic) bond motifs is 1. The van der Waals surface area contributed by atoms with Gasteiger partial charge < -0.3 is 10.6 Å². The van der Waals surface area contributed by atoms with Crippen LogP contribution in [-0.2, 0) is 0 Å². The van der Waals surface area contributed by atoms with Crippen LogP contribution in [0.3, 0.4) is 0 Å². The molecule has 3 heterocycles. The molecule has 0 saturated carbocycles. The first-order valence-corrected chi connectivity index (χ1v) is 5.94. The van der Waals surface area contributed by atoms with Gasteiger partial charge in [0.25, 0.3) is 0 Å². The number of nitrogens with two attached hydrogens (primary N) is 1. The number of hydrogen-bond acceptors (Lipinski definition) is 4. The quantitative estimate of drug-likeness (QED) is 0.860. The van der Waals surface area contributed by atoms with E-state index in [1.165, 1.54) is 0 Å². The van der Waals surface area contributed by atoms with Crippen LogP contribution < -0.4 is 10.6 Å². The minimum atomic E-state index is 0.290. The van der Waals surface area contributed by atoms with Crippen LogP contribution in [0.25, 0.3) is 11.0 Å². The smallest absolute Gasteiger partial charge is 0.112 e. The summed E-state index contributed by atoms with van der Waals surface area (Å²) in [6.07, 6.45) is 3.61. The molecular weight excluding hydrogens is 268 g/mol. The van der Waals surface area contributed by atoms with Crippen LogP contribution in [-0.4, -0.2) is 29.1 Å². The SMILES string of the molecule is NC1CN(c2ccnc3cc(Br)cnc23)C1. The molecule has 4 nitrogen and oxygen atoms in total. The Labute approximate surface area is 102 Å². The van der Waals surface area contributed by atoms with Gasteiger partial charge in [-0.25, -0.2) is 0 Å². The van der Waals surface area contributed by atoms with E-state index >= 15 is 0 Å². The maximum absolute atomic E-state index is 5.79. The monoisotopic (exact) mass is 278 g/mol. The highest BCUT2D eigenvalue weighted by molar-refractivity contribution is 9.10. The zero-order chi connectivity index (χ0) is 11.1. The van der Waals surface area contributed by atoms with Crippen LogP contribution in [0.15, 0.2) is 29.0 Å². The fraction of sp³-hybridized carbons (Fsp3) is 0.273. The van der Waals surface area contributed by atoms with E-state index in [-0.39, 0.29) is 0 Å². The van der Waals surface area contributed by atoms with Gasteiger partial charge in [0.15, 0.2) is 0 Å². The van der Waals surface area contributed by atoms with Crippen LogP contribution in [0.1, 0.15) is 0 Å². The number of nitrogens with zero attached hydrogens (tertiary/aromatic N) is 3. The molecule has 0 bridgehead atoms. The number of hydrogen-bond donors (Lipinski definition) is 1. The van der Waals surface area contributed by atoms with Gasteiger partial charge in [0.1, 0.15) is 5.52 Å². The molecule has 0 spiro atoms. The third-order valence-corrected chi connectivity index (χ3v) is 3.21. The summed E-state index contributed by atoms with van der Waals surface area (Å²) >= 11 is 3.40. The van der Waals surface area contributed by atoms with Crippen LogP contribution in [0, 0.1) is 0 Å². The Morgan fingerprint density at radius 1 is 1.38 bits per heavy atom. The number of halogens is 1. The zero-order valence-corrected chi connectivity index (χ0v) is 10.2. The molecule has 1 fully saturated rings. The van der Waals surface area contributed by atoms with Crippen molar-refractivity contribution in [1.82, 2.24) is 9.97 Å². The molecule has 0 aliphatic carbocycles. The summed E-state index contributed by atoms with van der Waals surface area (Å²) in [4.78, 5) is 11.0. The first kappa shape index (κ1) is 9.99. The van der Waals surface area contributed by atoms with Gasteiger partial charge in [0.05, 0.1) is 11.2 Å². The lowest BCUT2D eigenvalue weighted by atomic mass is 10.1. The summed E-state index contributed by atoms with van der Waals surface area (Å²) in [6, 6.07) is 4.26. The summed E-state index contributed by atoms with van der Waals surface area (Å²) in [7, 11) is 0. The minimum Gasteiger partial charge on any atom is -0.366 e. The lowest BCUT2D eigenvalue weighted by molar-refractivity contribution is 0.520. The Kier molecular flexibility index (Phi) is 2.29. The minimum absolute atomic E-state index is 0.290. The van der Waals surface area contributed by atoms with E-state index in [1.54, 1.807) is 6.20 Å². The normalized spacial score (nSPS) is 16.5. The first-order valence-electron chi connectivity index (χ1n) is 5.15. The first-order chi connectivity index (χ1) is 7.74. The van der Waals surface area contributed by atoms with Crippen molar-refractivity contribution in [3.8, 4) is 0 Å².